The first kappa shape index (κ1) is 12.2. The lowest BCUT2D eigenvalue weighted by molar-refractivity contribution is 0.688. The molecule has 0 bridgehead atoms. The van der Waals surface area contributed by atoms with Crippen LogP contribution in [0.2, 0.25) is 0 Å². The van der Waals surface area contributed by atoms with Gasteiger partial charge in [0.15, 0.2) is 0 Å². The minimum absolute atomic E-state index is 0.973. The van der Waals surface area contributed by atoms with Crippen LogP contribution in [0.5, 0.6) is 0 Å². The molecule has 0 unspecified atom stereocenters. The lowest BCUT2D eigenvalue weighted by Gasteiger charge is -2.24. The van der Waals surface area contributed by atoms with Gasteiger partial charge in [-0.05, 0) is 24.1 Å². The fourth-order valence-corrected chi connectivity index (χ4v) is 2.60. The highest BCUT2D eigenvalue weighted by atomic mass is 15.2. The van der Waals surface area contributed by atoms with Gasteiger partial charge < -0.3 is 10.2 Å². The molecule has 0 aliphatic carbocycles. The molecule has 2 nitrogen and oxygen atoms in total. The van der Waals surface area contributed by atoms with Crippen molar-refractivity contribution >= 4 is 5.69 Å². The first-order valence-corrected chi connectivity index (χ1v) is 6.92. The van der Waals surface area contributed by atoms with Crippen LogP contribution in [0.1, 0.15) is 16.7 Å². The minimum atomic E-state index is 0.973. The maximum atomic E-state index is 3.49. The van der Waals surface area contributed by atoms with E-state index >= 15 is 0 Å². The Hall–Kier alpha value is -1.80. The molecule has 2 heteroatoms. The number of anilines is 1. The van der Waals surface area contributed by atoms with Crippen molar-refractivity contribution in [3.63, 3.8) is 0 Å². The highest BCUT2D eigenvalue weighted by Crippen LogP contribution is 2.23. The molecule has 0 aromatic heterocycles. The smallest absolute Gasteiger partial charge is 0.0430 e. The SMILES string of the molecule is Cc1ccc(CN2CCNCc3ccccc32)cc1. The topological polar surface area (TPSA) is 15.3 Å². The average Bonchev–Trinajstić information content (AvgIpc) is 2.64. The van der Waals surface area contributed by atoms with E-state index in [0.29, 0.717) is 0 Å². The van der Waals surface area contributed by atoms with E-state index in [9.17, 15) is 0 Å². The highest BCUT2D eigenvalue weighted by Gasteiger charge is 2.14. The zero-order valence-corrected chi connectivity index (χ0v) is 11.4. The number of fused-ring (bicyclic) bond motifs is 1. The van der Waals surface area contributed by atoms with Crippen molar-refractivity contribution in [1.82, 2.24) is 5.32 Å². The molecule has 0 amide bonds. The number of rotatable bonds is 2. The number of nitrogens with one attached hydrogen (secondary N) is 1. The molecule has 1 N–H and O–H groups in total. The Bertz CT molecular complexity index is 545. The average molecular weight is 252 g/mol. The van der Waals surface area contributed by atoms with Crippen molar-refractivity contribution in [2.75, 3.05) is 18.0 Å². The van der Waals surface area contributed by atoms with Crippen molar-refractivity contribution in [2.45, 2.75) is 20.0 Å². The van der Waals surface area contributed by atoms with E-state index in [1.807, 2.05) is 0 Å². The van der Waals surface area contributed by atoms with E-state index in [4.69, 9.17) is 0 Å². The van der Waals surface area contributed by atoms with Crippen molar-refractivity contribution in [3.05, 3.63) is 65.2 Å². The summed E-state index contributed by atoms with van der Waals surface area (Å²) in [5.74, 6) is 0. The molecular weight excluding hydrogens is 232 g/mol. The Morgan fingerprint density at radius 2 is 1.84 bits per heavy atom. The quantitative estimate of drug-likeness (QED) is 0.883. The van der Waals surface area contributed by atoms with Gasteiger partial charge in [0.2, 0.25) is 0 Å². The summed E-state index contributed by atoms with van der Waals surface area (Å²) in [6.45, 7) is 6.19. The fraction of sp³-hybridized carbons (Fsp3) is 0.294. The number of hydrogen-bond acceptors (Lipinski definition) is 2. The molecule has 2 aromatic rings. The van der Waals surface area contributed by atoms with E-state index in [1.54, 1.807) is 0 Å². The molecule has 1 heterocycles. The Morgan fingerprint density at radius 3 is 2.68 bits per heavy atom. The van der Waals surface area contributed by atoms with E-state index in [-0.39, 0.29) is 0 Å². The van der Waals surface area contributed by atoms with Gasteiger partial charge in [-0.2, -0.15) is 0 Å². The van der Waals surface area contributed by atoms with Crippen LogP contribution in [0.3, 0.4) is 0 Å². The molecular formula is C17H20N2. The number of nitrogens with zero attached hydrogens (tertiary/aromatic N) is 1. The van der Waals surface area contributed by atoms with Crippen LogP contribution in [-0.2, 0) is 13.1 Å². The van der Waals surface area contributed by atoms with E-state index in [1.165, 1.54) is 22.4 Å². The Balaban J connectivity index is 1.86. The third-order valence-electron chi connectivity index (χ3n) is 3.70. The van der Waals surface area contributed by atoms with Gasteiger partial charge in [0.25, 0.3) is 0 Å². The van der Waals surface area contributed by atoms with Crippen molar-refractivity contribution in [3.8, 4) is 0 Å². The zero-order valence-electron chi connectivity index (χ0n) is 11.4. The summed E-state index contributed by atoms with van der Waals surface area (Å²) >= 11 is 0. The second-order valence-electron chi connectivity index (χ2n) is 5.21. The molecule has 0 atom stereocenters. The van der Waals surface area contributed by atoms with E-state index in [0.717, 1.165) is 26.2 Å². The molecule has 0 saturated heterocycles. The van der Waals surface area contributed by atoms with Crippen LogP contribution in [0.15, 0.2) is 48.5 Å². The van der Waals surface area contributed by atoms with Crippen molar-refractivity contribution < 1.29 is 0 Å². The summed E-state index contributed by atoms with van der Waals surface area (Å²) in [4.78, 5) is 2.47. The summed E-state index contributed by atoms with van der Waals surface area (Å²) < 4.78 is 0. The van der Waals surface area contributed by atoms with Gasteiger partial charge in [-0.3, -0.25) is 0 Å². The van der Waals surface area contributed by atoms with Gasteiger partial charge in [0, 0.05) is 31.9 Å². The number of aryl methyl sites for hydroxylation is 1. The van der Waals surface area contributed by atoms with Crippen LogP contribution in [0, 0.1) is 6.92 Å². The largest absolute Gasteiger partial charge is 0.366 e. The molecule has 0 radical (unpaired) electrons. The Morgan fingerprint density at radius 1 is 1.05 bits per heavy atom. The summed E-state index contributed by atoms with van der Waals surface area (Å²) in [6.07, 6.45) is 0. The summed E-state index contributed by atoms with van der Waals surface area (Å²) in [5.41, 5.74) is 5.46. The normalized spacial score (nSPS) is 14.9. The van der Waals surface area contributed by atoms with E-state index < -0.39 is 0 Å². The number of hydrogen-bond donors (Lipinski definition) is 1. The maximum absolute atomic E-state index is 3.49. The predicted octanol–water partition coefficient (Wildman–Crippen LogP) is 3.10. The zero-order chi connectivity index (χ0) is 13.1. The second kappa shape index (κ2) is 5.45. The van der Waals surface area contributed by atoms with Crippen molar-refractivity contribution in [2.24, 2.45) is 0 Å². The summed E-state index contributed by atoms with van der Waals surface area (Å²) in [5, 5.41) is 3.49. The maximum Gasteiger partial charge on any atom is 0.0430 e. The molecule has 0 spiro atoms. The first-order chi connectivity index (χ1) is 9.33. The van der Waals surface area contributed by atoms with Crippen LogP contribution >= 0.6 is 0 Å². The van der Waals surface area contributed by atoms with Gasteiger partial charge in [0.1, 0.15) is 0 Å². The number of benzene rings is 2. The minimum Gasteiger partial charge on any atom is -0.366 e. The van der Waals surface area contributed by atoms with Gasteiger partial charge in [-0.1, -0.05) is 48.0 Å². The molecule has 98 valence electrons. The van der Waals surface area contributed by atoms with E-state index in [2.05, 4.69) is 65.7 Å². The molecule has 1 aliphatic rings. The van der Waals surface area contributed by atoms with Gasteiger partial charge in [0.05, 0.1) is 0 Å². The molecule has 19 heavy (non-hydrogen) atoms. The van der Waals surface area contributed by atoms with Gasteiger partial charge >= 0.3 is 0 Å². The lowest BCUT2D eigenvalue weighted by atomic mass is 10.1. The Kier molecular flexibility index (Phi) is 3.51. The van der Waals surface area contributed by atoms with Crippen LogP contribution in [0.25, 0.3) is 0 Å². The summed E-state index contributed by atoms with van der Waals surface area (Å²) in [7, 11) is 0. The van der Waals surface area contributed by atoms with Gasteiger partial charge in [-0.15, -0.1) is 0 Å². The highest BCUT2D eigenvalue weighted by molar-refractivity contribution is 5.54. The number of para-hydroxylation sites is 1. The molecule has 2 aromatic carbocycles. The first-order valence-electron chi connectivity index (χ1n) is 6.92. The molecule has 0 fully saturated rings. The lowest BCUT2D eigenvalue weighted by Crippen LogP contribution is -2.28. The fourth-order valence-electron chi connectivity index (χ4n) is 2.60. The van der Waals surface area contributed by atoms with Gasteiger partial charge in [-0.25, -0.2) is 0 Å². The van der Waals surface area contributed by atoms with Crippen molar-refractivity contribution in [1.29, 1.82) is 0 Å². The molecule has 0 saturated carbocycles. The summed E-state index contributed by atoms with van der Waals surface area (Å²) in [6, 6.07) is 17.6. The monoisotopic (exact) mass is 252 g/mol. The van der Waals surface area contributed by atoms with Crippen LogP contribution in [-0.4, -0.2) is 13.1 Å². The van der Waals surface area contributed by atoms with Crippen LogP contribution in [0.4, 0.5) is 5.69 Å². The Labute approximate surface area is 115 Å². The van der Waals surface area contributed by atoms with Crippen LogP contribution < -0.4 is 10.2 Å². The third-order valence-corrected chi connectivity index (χ3v) is 3.70. The molecule has 3 rings (SSSR count). The molecule has 1 aliphatic heterocycles. The predicted molar refractivity (Wildman–Crippen MR) is 80.4 cm³/mol. The third kappa shape index (κ3) is 2.79. The second-order valence-corrected chi connectivity index (χ2v) is 5.21. The standard InChI is InChI=1S/C17H20N2/c1-14-6-8-15(9-7-14)13-19-11-10-18-12-16-4-2-3-5-17(16)19/h2-9,18H,10-13H2,1H3.